The highest BCUT2D eigenvalue weighted by Gasteiger charge is 2.29. The van der Waals surface area contributed by atoms with Gasteiger partial charge in [0.2, 0.25) is 0 Å². The van der Waals surface area contributed by atoms with Crippen LogP contribution in [0.25, 0.3) is 11.1 Å². The predicted octanol–water partition coefficient (Wildman–Crippen LogP) is 2.85. The summed E-state index contributed by atoms with van der Waals surface area (Å²) in [5.74, 6) is -1.32. The first-order valence-electron chi connectivity index (χ1n) is 9.55. The number of amides is 1. The molecule has 7 heteroatoms. The second kappa shape index (κ2) is 8.24. The van der Waals surface area contributed by atoms with Crippen molar-refractivity contribution < 1.29 is 24.2 Å². The summed E-state index contributed by atoms with van der Waals surface area (Å²) < 4.78 is 5.99. The Labute approximate surface area is 173 Å². The summed E-state index contributed by atoms with van der Waals surface area (Å²) in [6.45, 7) is 0.0953. The van der Waals surface area contributed by atoms with Crippen LogP contribution in [0.1, 0.15) is 22.6 Å². The molecule has 0 saturated carbocycles. The zero-order valence-corrected chi connectivity index (χ0v) is 16.0. The van der Waals surface area contributed by atoms with E-state index < -0.39 is 18.1 Å². The zero-order valence-electron chi connectivity index (χ0n) is 16.0. The summed E-state index contributed by atoms with van der Waals surface area (Å²) in [6.07, 6.45) is 1.74. The van der Waals surface area contributed by atoms with Crippen LogP contribution >= 0.6 is 0 Å². The summed E-state index contributed by atoms with van der Waals surface area (Å²) in [7, 11) is 0. The maximum Gasteiger partial charge on any atom is 0.407 e. The molecule has 1 aliphatic rings. The SMILES string of the molecule is O=C(NC(Cc1ccc[n+]([O-])c1)C(=O)O)OCC1c2ccccc2-c2ccccc21. The molecular formula is C23H20N2O5. The van der Waals surface area contributed by atoms with Gasteiger partial charge >= 0.3 is 12.1 Å². The lowest BCUT2D eigenvalue weighted by Gasteiger charge is -2.17. The average molecular weight is 404 g/mol. The molecule has 1 unspecified atom stereocenters. The van der Waals surface area contributed by atoms with Crippen LogP contribution in [0.4, 0.5) is 4.79 Å². The largest absolute Gasteiger partial charge is 0.619 e. The quantitative estimate of drug-likeness (QED) is 0.486. The van der Waals surface area contributed by atoms with E-state index in [1.54, 1.807) is 6.07 Å². The first kappa shape index (κ1) is 19.4. The molecule has 0 fully saturated rings. The third kappa shape index (κ3) is 3.96. The van der Waals surface area contributed by atoms with Gasteiger partial charge in [0.25, 0.3) is 0 Å². The van der Waals surface area contributed by atoms with Crippen LogP contribution in [0.3, 0.4) is 0 Å². The highest BCUT2D eigenvalue weighted by Crippen LogP contribution is 2.44. The molecule has 1 heterocycles. The van der Waals surface area contributed by atoms with E-state index in [2.05, 4.69) is 5.32 Å². The molecule has 0 saturated heterocycles. The Morgan fingerprint density at radius 3 is 2.27 bits per heavy atom. The molecule has 3 aromatic rings. The number of fused-ring (bicyclic) bond motifs is 3. The Morgan fingerprint density at radius 1 is 1.03 bits per heavy atom. The van der Waals surface area contributed by atoms with E-state index in [1.165, 1.54) is 18.5 Å². The number of carbonyl (C=O) groups excluding carboxylic acids is 1. The first-order chi connectivity index (χ1) is 14.5. The van der Waals surface area contributed by atoms with E-state index in [1.807, 2.05) is 48.5 Å². The molecule has 4 rings (SSSR count). The lowest BCUT2D eigenvalue weighted by molar-refractivity contribution is -0.605. The normalized spacial score (nSPS) is 13.2. The van der Waals surface area contributed by atoms with Gasteiger partial charge in [-0.25, -0.2) is 9.59 Å². The fourth-order valence-electron chi connectivity index (χ4n) is 3.84. The van der Waals surface area contributed by atoms with Gasteiger partial charge in [0.15, 0.2) is 12.4 Å². The van der Waals surface area contributed by atoms with Gasteiger partial charge in [-0.05, 0) is 28.3 Å². The number of aromatic nitrogens is 1. The van der Waals surface area contributed by atoms with E-state index in [4.69, 9.17) is 4.74 Å². The zero-order chi connectivity index (χ0) is 21.1. The third-order valence-corrected chi connectivity index (χ3v) is 5.21. The number of carboxylic acids is 1. The van der Waals surface area contributed by atoms with Gasteiger partial charge in [-0.3, -0.25) is 0 Å². The number of pyridine rings is 1. The van der Waals surface area contributed by atoms with E-state index >= 15 is 0 Å². The van der Waals surface area contributed by atoms with Crippen molar-refractivity contribution in [1.29, 1.82) is 0 Å². The molecule has 30 heavy (non-hydrogen) atoms. The summed E-state index contributed by atoms with van der Waals surface area (Å²) in [5, 5.41) is 23.2. The van der Waals surface area contributed by atoms with Gasteiger partial charge in [-0.2, -0.15) is 4.73 Å². The number of carboxylic acid groups (broad SMARTS) is 1. The van der Waals surface area contributed by atoms with Crippen molar-refractivity contribution in [3.8, 4) is 11.1 Å². The molecule has 1 atom stereocenters. The van der Waals surface area contributed by atoms with E-state index in [-0.39, 0.29) is 18.9 Å². The Morgan fingerprint density at radius 2 is 1.67 bits per heavy atom. The molecule has 0 spiro atoms. The molecule has 1 aliphatic carbocycles. The van der Waals surface area contributed by atoms with Gasteiger partial charge in [0.1, 0.15) is 12.6 Å². The summed E-state index contributed by atoms with van der Waals surface area (Å²) in [6, 6.07) is 17.9. The van der Waals surface area contributed by atoms with E-state index in [0.717, 1.165) is 22.3 Å². The van der Waals surface area contributed by atoms with E-state index in [0.29, 0.717) is 10.3 Å². The Bertz CT molecular complexity index is 1050. The molecule has 7 nitrogen and oxygen atoms in total. The van der Waals surface area contributed by atoms with Gasteiger partial charge in [-0.1, -0.05) is 48.5 Å². The second-order valence-corrected chi connectivity index (χ2v) is 7.14. The van der Waals surface area contributed by atoms with Crippen LogP contribution in [0.5, 0.6) is 0 Å². The molecular weight excluding hydrogens is 384 g/mol. The molecule has 0 bridgehead atoms. The van der Waals surface area contributed by atoms with Gasteiger partial charge < -0.3 is 20.4 Å². The number of rotatable bonds is 6. The number of nitrogens with one attached hydrogen (secondary N) is 1. The van der Waals surface area contributed by atoms with Crippen molar-refractivity contribution in [3.63, 3.8) is 0 Å². The highest BCUT2D eigenvalue weighted by atomic mass is 16.5. The monoisotopic (exact) mass is 404 g/mol. The number of aliphatic carboxylic acids is 1. The number of benzene rings is 2. The minimum absolute atomic E-state index is 0.0252. The third-order valence-electron chi connectivity index (χ3n) is 5.21. The van der Waals surface area contributed by atoms with Crippen molar-refractivity contribution in [2.45, 2.75) is 18.4 Å². The first-order valence-corrected chi connectivity index (χ1v) is 9.55. The van der Waals surface area contributed by atoms with Gasteiger partial charge in [0.05, 0.1) is 0 Å². The predicted molar refractivity (Wildman–Crippen MR) is 109 cm³/mol. The number of ether oxygens (including phenoxy) is 1. The van der Waals surface area contributed by atoms with Crippen molar-refractivity contribution in [2.24, 2.45) is 0 Å². The summed E-state index contributed by atoms with van der Waals surface area (Å²) in [4.78, 5) is 23.9. The topological polar surface area (TPSA) is 103 Å². The summed E-state index contributed by atoms with van der Waals surface area (Å²) >= 11 is 0. The van der Waals surface area contributed by atoms with Crippen LogP contribution in [0, 0.1) is 5.21 Å². The maximum atomic E-state index is 12.3. The molecule has 0 radical (unpaired) electrons. The summed E-state index contributed by atoms with van der Waals surface area (Å²) in [5.41, 5.74) is 4.87. The smallest absolute Gasteiger partial charge is 0.407 e. The number of carbonyl (C=O) groups is 2. The fraction of sp³-hybridized carbons (Fsp3) is 0.174. The number of alkyl carbamates (subject to hydrolysis) is 1. The second-order valence-electron chi connectivity index (χ2n) is 7.14. The van der Waals surface area contributed by atoms with Crippen molar-refractivity contribution >= 4 is 12.1 Å². The van der Waals surface area contributed by atoms with Crippen molar-refractivity contribution in [1.82, 2.24) is 5.32 Å². The minimum atomic E-state index is -1.21. The van der Waals surface area contributed by atoms with Crippen LogP contribution < -0.4 is 10.0 Å². The molecule has 1 aromatic heterocycles. The van der Waals surface area contributed by atoms with Crippen molar-refractivity contribution in [2.75, 3.05) is 6.61 Å². The van der Waals surface area contributed by atoms with Gasteiger partial charge in [0, 0.05) is 24.0 Å². The molecule has 2 N–H and O–H groups in total. The molecule has 152 valence electrons. The maximum absolute atomic E-state index is 12.3. The number of hydrogen-bond donors (Lipinski definition) is 2. The molecule has 0 aliphatic heterocycles. The molecule has 1 amide bonds. The molecule has 2 aromatic carbocycles. The Kier molecular flexibility index (Phi) is 5.34. The Balaban J connectivity index is 1.43. The lowest BCUT2D eigenvalue weighted by atomic mass is 9.98. The number of hydrogen-bond acceptors (Lipinski definition) is 4. The van der Waals surface area contributed by atoms with Crippen LogP contribution in [0.15, 0.2) is 73.1 Å². The van der Waals surface area contributed by atoms with Gasteiger partial charge in [-0.15, -0.1) is 0 Å². The van der Waals surface area contributed by atoms with E-state index in [9.17, 15) is 19.9 Å². The standard InChI is InChI=1S/C23H20N2O5/c26-22(27)21(12-15-6-5-11-25(29)13-15)24-23(28)30-14-20-18-9-3-1-7-16(18)17-8-2-4-10-19(17)20/h1-11,13,20-21H,12,14H2,(H,24,28)(H,26,27). The van der Waals surface area contributed by atoms with Crippen molar-refractivity contribution in [3.05, 3.63) is 95.0 Å². The average Bonchev–Trinajstić information content (AvgIpc) is 3.06. The van der Waals surface area contributed by atoms with Crippen LogP contribution in [-0.4, -0.2) is 29.8 Å². The number of nitrogens with zero attached hydrogens (tertiary/aromatic N) is 1. The fourth-order valence-corrected chi connectivity index (χ4v) is 3.84. The Hall–Kier alpha value is -3.87. The van der Waals surface area contributed by atoms with Crippen LogP contribution in [0.2, 0.25) is 0 Å². The van der Waals surface area contributed by atoms with Crippen LogP contribution in [-0.2, 0) is 16.0 Å². The minimum Gasteiger partial charge on any atom is -0.619 e. The highest BCUT2D eigenvalue weighted by molar-refractivity contribution is 5.81. The lowest BCUT2D eigenvalue weighted by Crippen LogP contribution is -2.43.